The third-order valence-corrected chi connectivity index (χ3v) is 5.11. The lowest BCUT2D eigenvalue weighted by Gasteiger charge is -2.01. The number of ketones is 1. The summed E-state index contributed by atoms with van der Waals surface area (Å²) in [6, 6.07) is 12.9. The number of nitrogens with zero attached hydrogens (tertiary/aromatic N) is 3. The summed E-state index contributed by atoms with van der Waals surface area (Å²) in [6.07, 6.45) is 0. The van der Waals surface area contributed by atoms with E-state index < -0.39 is 0 Å². The van der Waals surface area contributed by atoms with Gasteiger partial charge >= 0.3 is 5.69 Å². The third kappa shape index (κ3) is 2.32. The number of hydrogen-bond donors (Lipinski definition) is 3. The first-order valence-corrected chi connectivity index (χ1v) is 8.87. The van der Waals surface area contributed by atoms with Crippen molar-refractivity contribution >= 4 is 45.4 Å². The van der Waals surface area contributed by atoms with Crippen molar-refractivity contribution in [1.82, 2.24) is 29.5 Å². The Labute approximate surface area is 149 Å². The Morgan fingerprint density at radius 3 is 2.88 bits per heavy atom. The third-order valence-electron chi connectivity index (χ3n) is 4.17. The van der Waals surface area contributed by atoms with Gasteiger partial charge in [-0.1, -0.05) is 23.9 Å². The summed E-state index contributed by atoms with van der Waals surface area (Å²) in [4.78, 5) is 33.7. The lowest BCUT2D eigenvalue weighted by molar-refractivity contribution is 0.102. The van der Waals surface area contributed by atoms with E-state index in [4.69, 9.17) is 0 Å². The summed E-state index contributed by atoms with van der Waals surface area (Å²) in [5.74, 6) is 0.832. The standard InChI is InChI=1S/C17H12N6O2S/c24-14(9-5-6-10-12(7-9)20-16(25)19-10)8-26-17-22-21-15-18-11-3-1-2-4-13(11)23(15)17/h1-7H,8H2,(H,18,21)(H2,19,20,25). The predicted octanol–water partition coefficient (Wildman–Crippen LogP) is 2.36. The van der Waals surface area contributed by atoms with Crippen LogP contribution in [0.15, 0.2) is 52.4 Å². The molecule has 0 aliphatic rings. The molecule has 3 N–H and O–H groups in total. The maximum Gasteiger partial charge on any atom is 0.323 e. The maximum absolute atomic E-state index is 12.5. The highest BCUT2D eigenvalue weighted by molar-refractivity contribution is 7.99. The second-order valence-corrected chi connectivity index (χ2v) is 6.76. The van der Waals surface area contributed by atoms with Gasteiger partial charge in [-0.15, -0.1) is 5.10 Å². The van der Waals surface area contributed by atoms with E-state index in [-0.39, 0.29) is 17.2 Å². The summed E-state index contributed by atoms with van der Waals surface area (Å²) in [5, 5.41) is 7.83. The van der Waals surface area contributed by atoms with Gasteiger partial charge in [-0.2, -0.15) is 0 Å². The van der Waals surface area contributed by atoms with Crippen molar-refractivity contribution < 1.29 is 4.79 Å². The van der Waals surface area contributed by atoms with Crippen molar-refractivity contribution in [1.29, 1.82) is 0 Å². The van der Waals surface area contributed by atoms with Crippen molar-refractivity contribution in [3.05, 3.63) is 58.5 Å². The number of nitrogens with one attached hydrogen (secondary N) is 3. The quantitative estimate of drug-likeness (QED) is 0.335. The molecule has 128 valence electrons. The normalized spacial score (nSPS) is 11.7. The maximum atomic E-state index is 12.5. The van der Waals surface area contributed by atoms with E-state index in [1.165, 1.54) is 11.8 Å². The molecule has 0 bridgehead atoms. The molecule has 5 aromatic rings. The highest BCUT2D eigenvalue weighted by atomic mass is 32.2. The number of carbonyl (C=O) groups excluding carboxylic acids is 1. The van der Waals surface area contributed by atoms with E-state index in [1.807, 2.05) is 28.7 Å². The van der Waals surface area contributed by atoms with Crippen LogP contribution in [0.1, 0.15) is 10.4 Å². The Kier molecular flexibility index (Phi) is 3.22. The Balaban J connectivity index is 1.43. The molecule has 3 heterocycles. The molecule has 0 aliphatic heterocycles. The fourth-order valence-corrected chi connectivity index (χ4v) is 3.81. The number of benzene rings is 2. The number of imidazole rings is 2. The molecule has 2 aromatic carbocycles. The monoisotopic (exact) mass is 364 g/mol. The summed E-state index contributed by atoms with van der Waals surface area (Å²) >= 11 is 1.34. The molecule has 0 unspecified atom stereocenters. The molecule has 0 radical (unpaired) electrons. The van der Waals surface area contributed by atoms with Gasteiger partial charge in [-0.3, -0.25) is 9.20 Å². The number of Topliss-reactive ketones (excluding diaryl/α,β-unsaturated/α-hetero) is 1. The van der Waals surface area contributed by atoms with Crippen LogP contribution in [0.3, 0.4) is 0 Å². The minimum Gasteiger partial charge on any atom is -0.306 e. The lowest BCUT2D eigenvalue weighted by atomic mass is 10.1. The van der Waals surface area contributed by atoms with Crippen LogP contribution in [0.5, 0.6) is 0 Å². The van der Waals surface area contributed by atoms with Crippen LogP contribution < -0.4 is 5.69 Å². The van der Waals surface area contributed by atoms with Gasteiger partial charge in [0.1, 0.15) is 0 Å². The van der Waals surface area contributed by atoms with Crippen molar-refractivity contribution in [2.24, 2.45) is 0 Å². The molecule has 0 saturated carbocycles. The number of H-pyrrole nitrogens is 3. The Bertz CT molecular complexity index is 1340. The van der Waals surface area contributed by atoms with Crippen molar-refractivity contribution in [3.63, 3.8) is 0 Å². The van der Waals surface area contributed by atoms with Gasteiger partial charge in [0.25, 0.3) is 0 Å². The topological polar surface area (TPSA) is 112 Å². The lowest BCUT2D eigenvalue weighted by Crippen LogP contribution is -2.03. The molecule has 0 spiro atoms. The average Bonchev–Trinajstić information content (AvgIpc) is 3.31. The number of hydrogen-bond acceptors (Lipinski definition) is 5. The van der Waals surface area contributed by atoms with E-state index in [9.17, 15) is 9.59 Å². The zero-order valence-electron chi connectivity index (χ0n) is 13.3. The fraction of sp³-hybridized carbons (Fsp3) is 0.0588. The molecule has 9 heteroatoms. The SMILES string of the molecule is O=C(CSc1n[nH]c2nc3ccccc3n12)c1ccc2[nH]c(=O)[nH]c2c1. The summed E-state index contributed by atoms with van der Waals surface area (Å²) < 4.78 is 1.90. The van der Waals surface area contributed by atoms with Crippen LogP contribution in [-0.2, 0) is 0 Å². The van der Waals surface area contributed by atoms with E-state index in [2.05, 4.69) is 25.1 Å². The predicted molar refractivity (Wildman–Crippen MR) is 98.8 cm³/mol. The molecule has 0 fully saturated rings. The van der Waals surface area contributed by atoms with E-state index in [0.29, 0.717) is 27.5 Å². The van der Waals surface area contributed by atoms with Crippen LogP contribution in [0.2, 0.25) is 0 Å². The Morgan fingerprint density at radius 1 is 1.12 bits per heavy atom. The van der Waals surface area contributed by atoms with Crippen molar-refractivity contribution in [2.45, 2.75) is 5.16 Å². The molecule has 5 rings (SSSR count). The summed E-state index contributed by atoms with van der Waals surface area (Å²) in [6.45, 7) is 0. The second kappa shape index (κ2) is 5.60. The van der Waals surface area contributed by atoms with Crippen molar-refractivity contribution in [2.75, 3.05) is 5.75 Å². The molecular formula is C17H12N6O2S. The molecule has 3 aromatic heterocycles. The largest absolute Gasteiger partial charge is 0.323 e. The molecule has 0 amide bonds. The molecule has 26 heavy (non-hydrogen) atoms. The first-order chi connectivity index (χ1) is 12.7. The molecule has 0 saturated heterocycles. The minimum absolute atomic E-state index is 0.0421. The molecular weight excluding hydrogens is 352 g/mol. The van der Waals surface area contributed by atoms with Crippen molar-refractivity contribution in [3.8, 4) is 0 Å². The van der Waals surface area contributed by atoms with E-state index in [0.717, 1.165) is 11.0 Å². The summed E-state index contributed by atoms with van der Waals surface area (Å²) in [5.41, 5.74) is 3.37. The van der Waals surface area contributed by atoms with Gasteiger partial charge in [-0.05, 0) is 30.3 Å². The smallest absolute Gasteiger partial charge is 0.306 e. The van der Waals surface area contributed by atoms with Gasteiger partial charge in [0.15, 0.2) is 10.9 Å². The Hall–Kier alpha value is -3.33. The van der Waals surface area contributed by atoms with E-state index in [1.54, 1.807) is 18.2 Å². The first kappa shape index (κ1) is 15.0. The van der Waals surface area contributed by atoms with Gasteiger partial charge in [-0.25, -0.2) is 14.9 Å². The number of para-hydroxylation sites is 2. The fourth-order valence-electron chi connectivity index (χ4n) is 2.96. The molecule has 8 nitrogen and oxygen atoms in total. The van der Waals surface area contributed by atoms with Gasteiger partial charge in [0.2, 0.25) is 5.78 Å². The van der Waals surface area contributed by atoms with Gasteiger partial charge < -0.3 is 9.97 Å². The number of aromatic amines is 3. The first-order valence-electron chi connectivity index (χ1n) is 7.89. The number of carbonyl (C=O) groups is 1. The number of fused-ring (bicyclic) bond motifs is 4. The van der Waals surface area contributed by atoms with Gasteiger partial charge in [0.05, 0.1) is 27.8 Å². The van der Waals surface area contributed by atoms with Crippen LogP contribution >= 0.6 is 11.8 Å². The zero-order chi connectivity index (χ0) is 17.7. The van der Waals surface area contributed by atoms with Crippen LogP contribution in [0, 0.1) is 0 Å². The Morgan fingerprint density at radius 2 is 1.96 bits per heavy atom. The average molecular weight is 364 g/mol. The highest BCUT2D eigenvalue weighted by Crippen LogP contribution is 2.23. The molecule has 0 atom stereocenters. The highest BCUT2D eigenvalue weighted by Gasteiger charge is 2.14. The second-order valence-electron chi connectivity index (χ2n) is 5.82. The van der Waals surface area contributed by atoms with Crippen LogP contribution in [0.25, 0.3) is 27.8 Å². The number of rotatable bonds is 4. The van der Waals surface area contributed by atoms with Gasteiger partial charge in [0, 0.05) is 5.56 Å². The number of aromatic nitrogens is 6. The van der Waals surface area contributed by atoms with Crippen LogP contribution in [-0.4, -0.2) is 41.1 Å². The van der Waals surface area contributed by atoms with E-state index >= 15 is 0 Å². The zero-order valence-corrected chi connectivity index (χ0v) is 14.1. The number of thioether (sulfide) groups is 1. The minimum atomic E-state index is -0.287. The molecule has 0 aliphatic carbocycles. The summed E-state index contributed by atoms with van der Waals surface area (Å²) in [7, 11) is 0. The van der Waals surface area contributed by atoms with Crippen LogP contribution in [0.4, 0.5) is 0 Å².